The summed E-state index contributed by atoms with van der Waals surface area (Å²) >= 11 is 0. The van der Waals surface area contributed by atoms with Crippen molar-refractivity contribution in [2.24, 2.45) is 0 Å². The van der Waals surface area contributed by atoms with Gasteiger partial charge in [0.25, 0.3) is 17.2 Å². The van der Waals surface area contributed by atoms with Crippen LogP contribution in [-0.4, -0.2) is 20.8 Å². The molecule has 0 saturated carbocycles. The van der Waals surface area contributed by atoms with Gasteiger partial charge in [-0.05, 0) is 11.6 Å². The van der Waals surface area contributed by atoms with Gasteiger partial charge in [-0.2, -0.15) is 0 Å². The zero-order chi connectivity index (χ0) is 13.8. The summed E-state index contributed by atoms with van der Waals surface area (Å²) in [5.41, 5.74) is -0.469. The zero-order valence-corrected chi connectivity index (χ0v) is 9.67. The van der Waals surface area contributed by atoms with Crippen molar-refractivity contribution in [2.45, 2.75) is 6.54 Å². The van der Waals surface area contributed by atoms with Crippen molar-refractivity contribution in [2.75, 3.05) is 0 Å². The van der Waals surface area contributed by atoms with E-state index in [1.165, 1.54) is 0 Å². The maximum Gasteiger partial charge on any atom is 0.286 e. The topological polar surface area (TPSA) is 121 Å². The Labute approximate surface area is 106 Å². The van der Waals surface area contributed by atoms with Crippen molar-refractivity contribution < 1.29 is 9.72 Å². The van der Waals surface area contributed by atoms with E-state index in [0.717, 1.165) is 17.8 Å². The average Bonchev–Trinajstić information content (AvgIpc) is 2.89. The molecule has 2 rings (SSSR count). The van der Waals surface area contributed by atoms with Crippen molar-refractivity contribution in [1.82, 2.24) is 15.3 Å². The molecule has 0 aliphatic heterocycles. The van der Waals surface area contributed by atoms with E-state index in [-0.39, 0.29) is 17.8 Å². The first-order chi connectivity index (χ1) is 9.08. The molecule has 2 heterocycles. The Morgan fingerprint density at radius 3 is 2.84 bits per heavy atom. The predicted octanol–water partition coefficient (Wildman–Crippen LogP) is 0.541. The fraction of sp³-hybridized carbons (Fsp3) is 0.0909. The minimum Gasteiger partial charge on any atom is -0.367 e. The van der Waals surface area contributed by atoms with Crippen LogP contribution in [0.5, 0.6) is 0 Å². The lowest BCUT2D eigenvalue weighted by atomic mass is 10.2. The lowest BCUT2D eigenvalue weighted by Crippen LogP contribution is -2.29. The van der Waals surface area contributed by atoms with Gasteiger partial charge >= 0.3 is 0 Å². The number of nitrogens with one attached hydrogen (secondary N) is 3. The highest BCUT2D eigenvalue weighted by molar-refractivity contribution is 5.94. The highest BCUT2D eigenvalue weighted by Crippen LogP contribution is 2.08. The highest BCUT2D eigenvalue weighted by atomic mass is 16.6. The third-order valence-corrected chi connectivity index (χ3v) is 2.46. The molecule has 2 aromatic rings. The molecule has 0 saturated heterocycles. The number of H-pyrrole nitrogens is 2. The van der Waals surface area contributed by atoms with E-state index in [2.05, 4.69) is 15.3 Å². The van der Waals surface area contributed by atoms with Crippen molar-refractivity contribution in [3.05, 3.63) is 62.3 Å². The third-order valence-electron chi connectivity index (χ3n) is 2.46. The molecule has 19 heavy (non-hydrogen) atoms. The number of aromatic amines is 2. The van der Waals surface area contributed by atoms with Crippen LogP contribution in [0.15, 0.2) is 35.5 Å². The first kappa shape index (κ1) is 12.6. The van der Waals surface area contributed by atoms with Crippen LogP contribution in [0, 0.1) is 10.1 Å². The molecule has 2 aromatic heterocycles. The number of amides is 1. The van der Waals surface area contributed by atoms with Gasteiger partial charge in [-0.1, -0.05) is 0 Å². The van der Waals surface area contributed by atoms with Crippen LogP contribution in [0.25, 0.3) is 0 Å². The van der Waals surface area contributed by atoms with Gasteiger partial charge in [0.2, 0.25) is 0 Å². The maximum absolute atomic E-state index is 11.8. The van der Waals surface area contributed by atoms with Gasteiger partial charge in [-0.15, -0.1) is 0 Å². The monoisotopic (exact) mass is 262 g/mol. The van der Waals surface area contributed by atoms with Crippen molar-refractivity contribution >= 4 is 11.6 Å². The first-order valence-electron chi connectivity index (χ1n) is 5.35. The van der Waals surface area contributed by atoms with Crippen LogP contribution < -0.4 is 10.9 Å². The molecule has 98 valence electrons. The molecule has 0 fully saturated rings. The Hall–Kier alpha value is -2.90. The minimum atomic E-state index is -0.682. The van der Waals surface area contributed by atoms with Gasteiger partial charge in [0.1, 0.15) is 5.56 Å². The van der Waals surface area contributed by atoms with E-state index in [9.17, 15) is 19.7 Å². The number of rotatable bonds is 4. The van der Waals surface area contributed by atoms with Gasteiger partial charge in [0.05, 0.1) is 11.1 Å². The number of hydrogen-bond acceptors (Lipinski definition) is 4. The summed E-state index contributed by atoms with van der Waals surface area (Å²) in [6.45, 7) is 0.227. The summed E-state index contributed by atoms with van der Waals surface area (Å²) in [5, 5.41) is 13.1. The lowest BCUT2D eigenvalue weighted by Gasteiger charge is -2.02. The molecule has 8 heteroatoms. The summed E-state index contributed by atoms with van der Waals surface area (Å²) in [5.74, 6) is -0.661. The molecule has 3 N–H and O–H groups in total. The molecule has 0 aromatic carbocycles. The standard InChI is InChI=1S/C11H10N4O4/c16-10(13-5-7-1-2-12-4-7)9-3-8(15(18)19)6-14-11(9)17/h1-4,6,12H,5H2,(H,13,16)(H,14,17). The Bertz CT molecular complexity index is 660. The summed E-state index contributed by atoms with van der Waals surface area (Å²) in [6.07, 6.45) is 4.34. The van der Waals surface area contributed by atoms with Crippen LogP contribution in [0.1, 0.15) is 15.9 Å². The molecular weight excluding hydrogens is 252 g/mol. The average molecular weight is 262 g/mol. The van der Waals surface area contributed by atoms with E-state index in [0.29, 0.717) is 0 Å². The molecule has 0 bridgehead atoms. The van der Waals surface area contributed by atoms with E-state index in [1.54, 1.807) is 18.5 Å². The summed E-state index contributed by atoms with van der Waals surface area (Å²) in [7, 11) is 0. The molecule has 0 spiro atoms. The number of carbonyl (C=O) groups excluding carboxylic acids is 1. The molecular formula is C11H10N4O4. The maximum atomic E-state index is 11.8. The van der Waals surface area contributed by atoms with Gasteiger partial charge in [0.15, 0.2) is 0 Å². The SMILES string of the molecule is O=C(NCc1cc[nH]c1)c1cc([N+](=O)[O-])c[nH]c1=O. The van der Waals surface area contributed by atoms with Gasteiger partial charge < -0.3 is 15.3 Å². The predicted molar refractivity (Wildman–Crippen MR) is 65.7 cm³/mol. The van der Waals surface area contributed by atoms with Crippen LogP contribution in [0.4, 0.5) is 5.69 Å². The van der Waals surface area contributed by atoms with Gasteiger partial charge in [0, 0.05) is 25.0 Å². The smallest absolute Gasteiger partial charge is 0.286 e. The van der Waals surface area contributed by atoms with Crippen LogP contribution in [-0.2, 0) is 6.54 Å². The molecule has 0 unspecified atom stereocenters. The third kappa shape index (κ3) is 2.86. The van der Waals surface area contributed by atoms with E-state index >= 15 is 0 Å². The number of hydrogen-bond donors (Lipinski definition) is 3. The van der Waals surface area contributed by atoms with Crippen LogP contribution in [0.3, 0.4) is 0 Å². The van der Waals surface area contributed by atoms with Crippen LogP contribution >= 0.6 is 0 Å². The molecule has 0 radical (unpaired) electrons. The summed E-state index contributed by atoms with van der Waals surface area (Å²) in [4.78, 5) is 38.1. The van der Waals surface area contributed by atoms with Crippen molar-refractivity contribution in [1.29, 1.82) is 0 Å². The quantitative estimate of drug-likeness (QED) is 0.550. The normalized spacial score (nSPS) is 10.1. The van der Waals surface area contributed by atoms with E-state index < -0.39 is 16.4 Å². The fourth-order valence-corrected chi connectivity index (χ4v) is 1.49. The second-order valence-electron chi connectivity index (χ2n) is 3.76. The molecule has 0 aliphatic rings. The van der Waals surface area contributed by atoms with Crippen LogP contribution in [0.2, 0.25) is 0 Å². The largest absolute Gasteiger partial charge is 0.367 e. The van der Waals surface area contributed by atoms with E-state index in [1.807, 2.05) is 0 Å². The molecule has 8 nitrogen and oxygen atoms in total. The molecule has 0 atom stereocenters. The van der Waals surface area contributed by atoms with Gasteiger partial charge in [-0.3, -0.25) is 19.7 Å². The first-order valence-corrected chi connectivity index (χ1v) is 5.35. The number of carbonyl (C=O) groups is 1. The highest BCUT2D eigenvalue weighted by Gasteiger charge is 2.15. The van der Waals surface area contributed by atoms with Crippen molar-refractivity contribution in [3.8, 4) is 0 Å². The number of pyridine rings is 1. The molecule has 0 aliphatic carbocycles. The minimum absolute atomic E-state index is 0.227. The molecule has 1 amide bonds. The number of nitro groups is 1. The Morgan fingerprint density at radius 1 is 1.42 bits per heavy atom. The Kier molecular flexibility index (Phi) is 3.42. The summed E-state index contributed by atoms with van der Waals surface area (Å²) in [6, 6.07) is 2.71. The number of aromatic nitrogens is 2. The second kappa shape index (κ2) is 5.17. The Balaban J connectivity index is 2.16. The zero-order valence-electron chi connectivity index (χ0n) is 9.67. The van der Waals surface area contributed by atoms with Crippen molar-refractivity contribution in [3.63, 3.8) is 0 Å². The number of nitrogens with zero attached hydrogens (tertiary/aromatic N) is 1. The lowest BCUT2D eigenvalue weighted by molar-refractivity contribution is -0.385. The second-order valence-corrected chi connectivity index (χ2v) is 3.76. The van der Waals surface area contributed by atoms with Gasteiger partial charge in [-0.25, -0.2) is 0 Å². The fourth-order valence-electron chi connectivity index (χ4n) is 1.49. The summed E-state index contributed by atoms with van der Waals surface area (Å²) < 4.78 is 0. The van der Waals surface area contributed by atoms with E-state index in [4.69, 9.17) is 0 Å². The Morgan fingerprint density at radius 2 is 2.21 bits per heavy atom.